The minimum absolute atomic E-state index is 0.330. The van der Waals surface area contributed by atoms with Crippen molar-refractivity contribution in [3.05, 3.63) is 18.0 Å². The highest BCUT2D eigenvalue weighted by atomic mass is 32.3. The van der Waals surface area contributed by atoms with E-state index in [1.807, 2.05) is 0 Å². The second kappa shape index (κ2) is 4.07. The third kappa shape index (κ3) is 2.54. The molecule has 1 radical (unpaired) electrons. The molecule has 1 aromatic rings. The fourth-order valence-corrected chi connectivity index (χ4v) is 3.11. The highest BCUT2D eigenvalue weighted by Crippen LogP contribution is 2.15. The standard InChI is InChI=1S/C7H9N2O5S2/c1-5-3-4-8-7(9-5)15(10,11)6(2)16(12,13)14/h3,6H,1-2H3,(H,12,13,14). The number of nitrogens with zero attached hydrogens (tertiary/aromatic N) is 2. The summed E-state index contributed by atoms with van der Waals surface area (Å²) in [5, 5.41) is -0.669. The first-order valence-corrected chi connectivity index (χ1v) is 7.12. The number of rotatable bonds is 3. The van der Waals surface area contributed by atoms with Gasteiger partial charge in [-0.2, -0.15) is 8.42 Å². The third-order valence-corrected chi connectivity index (χ3v) is 5.71. The van der Waals surface area contributed by atoms with Crippen LogP contribution in [0.25, 0.3) is 0 Å². The minimum Gasteiger partial charge on any atom is -0.285 e. The van der Waals surface area contributed by atoms with Gasteiger partial charge in [0, 0.05) is 5.69 Å². The van der Waals surface area contributed by atoms with Gasteiger partial charge in [0.2, 0.25) is 15.0 Å². The maximum absolute atomic E-state index is 11.6. The zero-order chi connectivity index (χ0) is 12.6. The van der Waals surface area contributed by atoms with Gasteiger partial charge in [-0.15, -0.1) is 0 Å². The average molecular weight is 265 g/mol. The van der Waals surface area contributed by atoms with Crippen molar-refractivity contribution in [2.45, 2.75) is 23.6 Å². The fourth-order valence-electron chi connectivity index (χ4n) is 0.825. The van der Waals surface area contributed by atoms with Gasteiger partial charge < -0.3 is 0 Å². The van der Waals surface area contributed by atoms with Crippen molar-refractivity contribution < 1.29 is 21.4 Å². The predicted octanol–water partition coefficient (Wildman–Crippen LogP) is -0.407. The van der Waals surface area contributed by atoms with Crippen molar-refractivity contribution in [2.75, 3.05) is 0 Å². The Morgan fingerprint density at radius 1 is 1.38 bits per heavy atom. The van der Waals surface area contributed by atoms with Crippen LogP contribution in [0.4, 0.5) is 0 Å². The van der Waals surface area contributed by atoms with Crippen molar-refractivity contribution in [1.29, 1.82) is 0 Å². The lowest BCUT2D eigenvalue weighted by Crippen LogP contribution is -2.28. The van der Waals surface area contributed by atoms with Crippen molar-refractivity contribution in [3.63, 3.8) is 0 Å². The molecule has 0 amide bonds. The van der Waals surface area contributed by atoms with E-state index < -0.39 is 29.7 Å². The van der Waals surface area contributed by atoms with Crippen LogP contribution in [-0.2, 0) is 20.0 Å². The molecule has 0 aliphatic carbocycles. The molecule has 0 saturated carbocycles. The van der Waals surface area contributed by atoms with Crippen molar-refractivity contribution >= 4 is 20.0 Å². The van der Waals surface area contributed by atoms with Crippen molar-refractivity contribution in [1.82, 2.24) is 9.97 Å². The van der Waals surface area contributed by atoms with Crippen LogP contribution >= 0.6 is 0 Å². The lowest BCUT2D eigenvalue weighted by atomic mass is 10.5. The molecule has 1 atom stereocenters. The van der Waals surface area contributed by atoms with Gasteiger partial charge in [-0.3, -0.25) is 4.55 Å². The highest BCUT2D eigenvalue weighted by Gasteiger charge is 2.35. The van der Waals surface area contributed by atoms with Crippen LogP contribution in [0.3, 0.4) is 0 Å². The Morgan fingerprint density at radius 3 is 2.38 bits per heavy atom. The summed E-state index contributed by atoms with van der Waals surface area (Å²) in [5.41, 5.74) is 0.330. The summed E-state index contributed by atoms with van der Waals surface area (Å²) in [6.45, 7) is 2.35. The van der Waals surface area contributed by atoms with Crippen LogP contribution < -0.4 is 0 Å². The first kappa shape index (κ1) is 13.0. The van der Waals surface area contributed by atoms with Gasteiger partial charge in [0.25, 0.3) is 10.1 Å². The molecule has 89 valence electrons. The maximum atomic E-state index is 11.6. The number of sulfone groups is 1. The first-order valence-electron chi connectivity index (χ1n) is 4.07. The Hall–Kier alpha value is -1.06. The monoisotopic (exact) mass is 265 g/mol. The molecular formula is C7H9N2O5S2. The molecule has 0 aromatic carbocycles. The Kier molecular flexibility index (Phi) is 3.31. The summed E-state index contributed by atoms with van der Waals surface area (Å²) >= 11 is 0. The van der Waals surface area contributed by atoms with E-state index in [2.05, 4.69) is 16.2 Å². The van der Waals surface area contributed by atoms with Crippen LogP contribution in [0.2, 0.25) is 0 Å². The van der Waals surface area contributed by atoms with E-state index in [9.17, 15) is 16.8 Å². The molecule has 0 fully saturated rings. The second-order valence-electron chi connectivity index (χ2n) is 3.05. The lowest BCUT2D eigenvalue weighted by Gasteiger charge is -2.08. The molecule has 1 unspecified atom stereocenters. The summed E-state index contributed by atoms with van der Waals surface area (Å²) in [5.74, 6) is 0. The highest BCUT2D eigenvalue weighted by molar-refractivity contribution is 8.06. The van der Waals surface area contributed by atoms with E-state index in [0.717, 1.165) is 6.92 Å². The lowest BCUT2D eigenvalue weighted by molar-refractivity contribution is 0.478. The quantitative estimate of drug-likeness (QED) is 0.583. The molecule has 1 rings (SSSR count). The Morgan fingerprint density at radius 2 is 1.94 bits per heavy atom. The normalized spacial score (nSPS) is 14.7. The summed E-state index contributed by atoms with van der Waals surface area (Å²) in [7, 11) is -9.01. The summed E-state index contributed by atoms with van der Waals surface area (Å²) in [6.07, 6.45) is 2.27. The predicted molar refractivity (Wildman–Crippen MR) is 53.8 cm³/mol. The molecule has 7 nitrogen and oxygen atoms in total. The number of aromatic nitrogens is 2. The summed E-state index contributed by atoms with van der Waals surface area (Å²) < 4.78 is 51.5. The van der Waals surface area contributed by atoms with Crippen LogP contribution in [-0.4, -0.2) is 35.9 Å². The second-order valence-corrected chi connectivity index (χ2v) is 7.25. The van der Waals surface area contributed by atoms with Gasteiger partial charge in [0.1, 0.15) is 0 Å². The van der Waals surface area contributed by atoms with Crippen LogP contribution in [0, 0.1) is 13.1 Å². The van der Waals surface area contributed by atoms with Crippen molar-refractivity contribution in [2.24, 2.45) is 0 Å². The Balaban J connectivity index is 3.34. The molecule has 1 heterocycles. The number of hydrogen-bond donors (Lipinski definition) is 1. The molecule has 16 heavy (non-hydrogen) atoms. The molecule has 0 bridgehead atoms. The topological polar surface area (TPSA) is 114 Å². The van der Waals surface area contributed by atoms with E-state index in [0.29, 0.717) is 5.69 Å². The van der Waals surface area contributed by atoms with Gasteiger partial charge in [-0.1, -0.05) is 0 Å². The first-order chi connectivity index (χ1) is 7.15. The third-order valence-electron chi connectivity index (χ3n) is 1.82. The number of aryl methyl sites for hydroxylation is 1. The van der Waals surface area contributed by atoms with E-state index in [-0.39, 0.29) is 0 Å². The van der Waals surface area contributed by atoms with Gasteiger partial charge in [-0.25, -0.2) is 18.4 Å². The smallest absolute Gasteiger partial charge is 0.282 e. The van der Waals surface area contributed by atoms with E-state index in [1.165, 1.54) is 13.0 Å². The van der Waals surface area contributed by atoms with Crippen molar-refractivity contribution in [3.8, 4) is 0 Å². The van der Waals surface area contributed by atoms with Gasteiger partial charge >= 0.3 is 0 Å². The zero-order valence-electron chi connectivity index (χ0n) is 8.45. The van der Waals surface area contributed by atoms with Gasteiger partial charge in [-0.05, 0) is 19.9 Å². The van der Waals surface area contributed by atoms with Gasteiger partial charge in [0.05, 0.1) is 6.20 Å². The molecule has 0 aliphatic heterocycles. The molecular weight excluding hydrogens is 256 g/mol. The van der Waals surface area contributed by atoms with Gasteiger partial charge in [0.15, 0.2) is 4.58 Å². The Labute approximate surface area is 93.2 Å². The zero-order valence-corrected chi connectivity index (χ0v) is 10.1. The molecule has 9 heteroatoms. The van der Waals surface area contributed by atoms with E-state index in [1.54, 1.807) is 0 Å². The summed E-state index contributed by atoms with van der Waals surface area (Å²) in [4.78, 5) is 6.92. The van der Waals surface area contributed by atoms with Crippen LogP contribution in [0.5, 0.6) is 0 Å². The maximum Gasteiger partial charge on any atom is 0.282 e. The van der Waals surface area contributed by atoms with Crippen LogP contribution in [0.1, 0.15) is 12.6 Å². The molecule has 1 N–H and O–H groups in total. The largest absolute Gasteiger partial charge is 0.285 e. The average Bonchev–Trinajstić information content (AvgIpc) is 2.15. The Bertz CT molecular complexity index is 593. The SMILES string of the molecule is Cc1c[c]nc(S(=O)(=O)C(C)S(=O)(=O)O)n1. The van der Waals surface area contributed by atoms with Crippen LogP contribution in [0.15, 0.2) is 11.2 Å². The molecule has 0 aliphatic rings. The minimum atomic E-state index is -4.70. The molecule has 0 saturated heterocycles. The molecule has 0 spiro atoms. The summed E-state index contributed by atoms with van der Waals surface area (Å²) in [6, 6.07) is 1.34. The fraction of sp³-hybridized carbons (Fsp3) is 0.429. The van der Waals surface area contributed by atoms with E-state index in [4.69, 9.17) is 4.55 Å². The molecule has 1 aromatic heterocycles. The van der Waals surface area contributed by atoms with E-state index >= 15 is 0 Å². The number of hydrogen-bond acceptors (Lipinski definition) is 6.